The molecular formula is C22H19Cl2N3O4. The molecule has 3 rings (SSSR count). The van der Waals surface area contributed by atoms with Gasteiger partial charge >= 0.3 is 5.97 Å². The lowest BCUT2D eigenvalue weighted by molar-refractivity contribution is -0.123. The minimum Gasteiger partial charge on any atom is -0.484 e. The molecule has 0 aliphatic rings. The summed E-state index contributed by atoms with van der Waals surface area (Å²) in [6.07, 6.45) is 1.52. The molecule has 0 spiro atoms. The number of aromatic nitrogens is 1. The molecule has 2 N–H and O–H groups in total. The fraction of sp³-hybridized carbons (Fsp3) is 0.136. The van der Waals surface area contributed by atoms with Crippen LogP contribution in [-0.2, 0) is 4.79 Å². The first-order chi connectivity index (χ1) is 14.8. The predicted molar refractivity (Wildman–Crippen MR) is 120 cm³/mol. The van der Waals surface area contributed by atoms with Crippen LogP contribution in [-0.4, -0.2) is 34.4 Å². The number of ether oxygens (including phenoxy) is 1. The average Bonchev–Trinajstić information content (AvgIpc) is 3.01. The number of rotatable bonds is 7. The Bertz CT molecular complexity index is 1150. The summed E-state index contributed by atoms with van der Waals surface area (Å²) in [5.74, 6) is -0.987. The summed E-state index contributed by atoms with van der Waals surface area (Å²) >= 11 is 11.8. The van der Waals surface area contributed by atoms with Gasteiger partial charge in [-0.1, -0.05) is 23.2 Å². The average molecular weight is 460 g/mol. The molecule has 9 heteroatoms. The van der Waals surface area contributed by atoms with E-state index in [0.717, 1.165) is 17.0 Å². The fourth-order valence-electron chi connectivity index (χ4n) is 3.02. The van der Waals surface area contributed by atoms with Gasteiger partial charge in [-0.25, -0.2) is 10.2 Å². The monoisotopic (exact) mass is 459 g/mol. The van der Waals surface area contributed by atoms with E-state index in [1.807, 2.05) is 24.5 Å². The van der Waals surface area contributed by atoms with Crippen LogP contribution in [0.2, 0.25) is 10.0 Å². The zero-order valence-electron chi connectivity index (χ0n) is 16.7. The molecule has 7 nitrogen and oxygen atoms in total. The van der Waals surface area contributed by atoms with E-state index < -0.39 is 11.9 Å². The Kier molecular flexibility index (Phi) is 6.99. The van der Waals surface area contributed by atoms with Crippen LogP contribution in [0, 0.1) is 13.8 Å². The first-order valence-corrected chi connectivity index (χ1v) is 9.94. The number of hydrogen-bond donors (Lipinski definition) is 2. The quantitative estimate of drug-likeness (QED) is 0.397. The molecule has 0 saturated carbocycles. The number of aromatic carboxylic acids is 1. The molecule has 0 aliphatic carbocycles. The Morgan fingerprint density at radius 2 is 1.84 bits per heavy atom. The summed E-state index contributed by atoms with van der Waals surface area (Å²) in [5, 5.41) is 14.0. The molecule has 1 heterocycles. The van der Waals surface area contributed by atoms with E-state index in [1.165, 1.54) is 12.3 Å². The van der Waals surface area contributed by atoms with Crippen LogP contribution < -0.4 is 10.2 Å². The smallest absolute Gasteiger partial charge is 0.337 e. The summed E-state index contributed by atoms with van der Waals surface area (Å²) < 4.78 is 7.25. The molecule has 0 fully saturated rings. The number of hydrazone groups is 1. The van der Waals surface area contributed by atoms with Gasteiger partial charge in [-0.3, -0.25) is 4.79 Å². The minimum atomic E-state index is -1.10. The summed E-state index contributed by atoms with van der Waals surface area (Å²) in [4.78, 5) is 23.3. The second-order valence-corrected chi connectivity index (χ2v) is 7.51. The molecule has 1 amide bonds. The van der Waals surface area contributed by atoms with Crippen molar-refractivity contribution in [2.45, 2.75) is 13.8 Å². The Balaban J connectivity index is 1.68. The van der Waals surface area contributed by atoms with E-state index in [0.29, 0.717) is 16.5 Å². The lowest BCUT2D eigenvalue weighted by Crippen LogP contribution is -2.24. The maximum absolute atomic E-state index is 11.9. The van der Waals surface area contributed by atoms with Crippen molar-refractivity contribution in [1.29, 1.82) is 0 Å². The molecule has 0 saturated heterocycles. The lowest BCUT2D eigenvalue weighted by Gasteiger charge is -2.11. The number of carbonyl (C=O) groups excluding carboxylic acids is 1. The molecule has 3 aromatic rings. The maximum atomic E-state index is 11.9. The molecular weight excluding hydrogens is 441 g/mol. The number of aryl methyl sites for hydroxylation is 1. The highest BCUT2D eigenvalue weighted by Crippen LogP contribution is 2.24. The first-order valence-electron chi connectivity index (χ1n) is 9.18. The number of carboxylic acids is 1. The standard InChI is InChI=1S/C22H19Cl2N3O4/c1-13-9-15(11-25-26-21(28)12-31-18-6-3-16(23)4-7-18)14(2)27(13)17-5-8-20(24)19(10-17)22(29)30/h3-11H,12H2,1-2H3,(H,26,28)(H,29,30)/b25-11-. The van der Waals surface area contributed by atoms with Gasteiger partial charge in [0.1, 0.15) is 5.75 Å². The topological polar surface area (TPSA) is 92.9 Å². The van der Waals surface area contributed by atoms with E-state index in [1.54, 1.807) is 36.4 Å². The summed E-state index contributed by atoms with van der Waals surface area (Å²) in [5.41, 5.74) is 5.56. The van der Waals surface area contributed by atoms with E-state index >= 15 is 0 Å². The van der Waals surface area contributed by atoms with Crippen LogP contribution in [0.1, 0.15) is 27.3 Å². The molecule has 0 atom stereocenters. The second-order valence-electron chi connectivity index (χ2n) is 6.67. The number of nitrogens with one attached hydrogen (secondary N) is 1. The number of carbonyl (C=O) groups is 2. The highest BCUT2D eigenvalue weighted by atomic mass is 35.5. The van der Waals surface area contributed by atoms with Crippen molar-refractivity contribution in [2.75, 3.05) is 6.61 Å². The van der Waals surface area contributed by atoms with Gasteiger partial charge in [0, 0.05) is 27.7 Å². The maximum Gasteiger partial charge on any atom is 0.337 e. The zero-order valence-corrected chi connectivity index (χ0v) is 18.2. The molecule has 0 unspecified atom stereocenters. The van der Waals surface area contributed by atoms with Crippen LogP contribution in [0.3, 0.4) is 0 Å². The SMILES string of the molecule is Cc1cc(/C=N\NC(=O)COc2ccc(Cl)cc2)c(C)n1-c1ccc(Cl)c(C(=O)O)c1. The Morgan fingerprint density at radius 1 is 1.13 bits per heavy atom. The number of hydrogen-bond acceptors (Lipinski definition) is 4. The van der Waals surface area contributed by atoms with Crippen LogP contribution in [0.4, 0.5) is 0 Å². The summed E-state index contributed by atoms with van der Waals surface area (Å²) in [6.45, 7) is 3.56. The Morgan fingerprint density at radius 3 is 2.52 bits per heavy atom. The highest BCUT2D eigenvalue weighted by Gasteiger charge is 2.14. The van der Waals surface area contributed by atoms with Crippen molar-refractivity contribution in [2.24, 2.45) is 5.10 Å². The van der Waals surface area contributed by atoms with Crippen LogP contribution in [0.15, 0.2) is 53.6 Å². The second kappa shape index (κ2) is 9.68. The van der Waals surface area contributed by atoms with Crippen molar-refractivity contribution < 1.29 is 19.4 Å². The summed E-state index contributed by atoms with van der Waals surface area (Å²) in [7, 11) is 0. The van der Waals surface area contributed by atoms with Gasteiger partial charge in [-0.15, -0.1) is 0 Å². The molecule has 160 valence electrons. The third kappa shape index (κ3) is 5.45. The molecule has 0 bridgehead atoms. The van der Waals surface area contributed by atoms with Crippen molar-refractivity contribution >= 4 is 41.3 Å². The van der Waals surface area contributed by atoms with Crippen LogP contribution in [0.5, 0.6) is 5.75 Å². The van der Waals surface area contributed by atoms with Crippen LogP contribution in [0.25, 0.3) is 5.69 Å². The highest BCUT2D eigenvalue weighted by molar-refractivity contribution is 6.33. The third-order valence-electron chi connectivity index (χ3n) is 4.49. The fourth-order valence-corrected chi connectivity index (χ4v) is 3.34. The Labute approximate surface area is 188 Å². The molecule has 1 aromatic heterocycles. The third-order valence-corrected chi connectivity index (χ3v) is 5.07. The number of halogens is 2. The van der Waals surface area contributed by atoms with Gasteiger partial charge in [-0.05, 0) is 62.4 Å². The number of benzene rings is 2. The van der Waals surface area contributed by atoms with E-state index in [9.17, 15) is 14.7 Å². The number of carboxylic acid groups (broad SMARTS) is 1. The van der Waals surface area contributed by atoms with Gasteiger partial charge in [0.15, 0.2) is 6.61 Å². The Hall–Kier alpha value is -3.29. The number of nitrogens with zero attached hydrogens (tertiary/aromatic N) is 2. The van der Waals surface area contributed by atoms with E-state index in [4.69, 9.17) is 27.9 Å². The number of amides is 1. The normalized spacial score (nSPS) is 11.0. The molecule has 2 aromatic carbocycles. The van der Waals surface area contributed by atoms with Crippen molar-refractivity contribution in [3.8, 4) is 11.4 Å². The van der Waals surface area contributed by atoms with Crippen LogP contribution >= 0.6 is 23.2 Å². The molecule has 0 radical (unpaired) electrons. The lowest BCUT2D eigenvalue weighted by atomic mass is 10.2. The van der Waals surface area contributed by atoms with Gasteiger partial charge < -0.3 is 14.4 Å². The predicted octanol–water partition coefficient (Wildman–Crippen LogP) is 4.63. The van der Waals surface area contributed by atoms with E-state index in [2.05, 4.69) is 10.5 Å². The van der Waals surface area contributed by atoms with Crippen molar-refractivity contribution in [3.05, 3.63) is 81.1 Å². The summed E-state index contributed by atoms with van der Waals surface area (Å²) in [6, 6.07) is 13.4. The molecule has 0 aliphatic heterocycles. The van der Waals surface area contributed by atoms with Crippen molar-refractivity contribution in [3.63, 3.8) is 0 Å². The van der Waals surface area contributed by atoms with E-state index in [-0.39, 0.29) is 17.2 Å². The van der Waals surface area contributed by atoms with Gasteiger partial charge in [-0.2, -0.15) is 5.10 Å². The van der Waals surface area contributed by atoms with Gasteiger partial charge in [0.25, 0.3) is 5.91 Å². The first kappa shape index (κ1) is 22.4. The minimum absolute atomic E-state index is 0.0230. The molecule has 31 heavy (non-hydrogen) atoms. The van der Waals surface area contributed by atoms with Gasteiger partial charge in [0.2, 0.25) is 0 Å². The van der Waals surface area contributed by atoms with Gasteiger partial charge in [0.05, 0.1) is 16.8 Å². The largest absolute Gasteiger partial charge is 0.484 e. The van der Waals surface area contributed by atoms with Crippen molar-refractivity contribution in [1.82, 2.24) is 9.99 Å². The zero-order chi connectivity index (χ0) is 22.5.